The zero-order valence-electron chi connectivity index (χ0n) is 17.5. The monoisotopic (exact) mass is 439 g/mol. The molecule has 0 radical (unpaired) electrons. The van der Waals surface area contributed by atoms with Crippen molar-refractivity contribution in [1.82, 2.24) is 14.8 Å². The Bertz CT molecular complexity index is 749. The van der Waals surface area contributed by atoms with Crippen LogP contribution in [-0.4, -0.2) is 66.5 Å². The number of aromatic nitrogens is 3. The minimum Gasteiger partial charge on any atom is -0.387 e. The Balaban J connectivity index is 1.90. The molecule has 1 N–H and O–H groups in total. The molecule has 0 spiro atoms. The topological polar surface area (TPSA) is 87.9 Å². The average Bonchev–Trinajstić information content (AvgIpc) is 3.33. The molecule has 1 fully saturated rings. The number of halogens is 1. The van der Waals surface area contributed by atoms with E-state index in [4.69, 9.17) is 30.5 Å². The van der Waals surface area contributed by atoms with Crippen molar-refractivity contribution in [3.8, 4) is 0 Å². The second-order valence-electron chi connectivity index (χ2n) is 7.87. The first-order chi connectivity index (χ1) is 14.5. The number of nitrogens with zero attached hydrogens (tertiary/aromatic N) is 3. The third-order valence-electron chi connectivity index (χ3n) is 5.99. The van der Waals surface area contributed by atoms with Crippen molar-refractivity contribution in [2.24, 2.45) is 11.3 Å². The molecule has 0 aliphatic heterocycles. The molecule has 2 aromatic rings. The summed E-state index contributed by atoms with van der Waals surface area (Å²) in [5.74, 6) is -0.0276. The lowest BCUT2D eigenvalue weighted by Gasteiger charge is -2.44. The van der Waals surface area contributed by atoms with Gasteiger partial charge in [0.25, 0.3) is 0 Å². The predicted molar refractivity (Wildman–Crippen MR) is 111 cm³/mol. The van der Waals surface area contributed by atoms with E-state index in [0.717, 1.165) is 18.4 Å². The van der Waals surface area contributed by atoms with Crippen LogP contribution in [0.1, 0.15) is 18.4 Å². The molecule has 1 aromatic heterocycles. The molecular weight excluding hydrogens is 410 g/mol. The number of hydrogen-bond acceptors (Lipinski definition) is 7. The molecule has 8 nitrogen and oxygen atoms in total. The Morgan fingerprint density at radius 2 is 1.80 bits per heavy atom. The zero-order chi connectivity index (χ0) is 21.5. The van der Waals surface area contributed by atoms with E-state index in [2.05, 4.69) is 10.1 Å². The lowest BCUT2D eigenvalue weighted by Crippen LogP contribution is -2.56. The minimum atomic E-state index is -1.14. The molecule has 0 saturated heterocycles. The normalized spacial score (nSPS) is 23.1. The van der Waals surface area contributed by atoms with Gasteiger partial charge in [-0.05, 0) is 42.9 Å². The second-order valence-corrected chi connectivity index (χ2v) is 8.31. The summed E-state index contributed by atoms with van der Waals surface area (Å²) in [7, 11) is 3.15. The molecule has 1 aliphatic rings. The highest BCUT2D eigenvalue weighted by Gasteiger charge is 2.60. The van der Waals surface area contributed by atoms with Gasteiger partial charge in [-0.15, -0.1) is 0 Å². The molecule has 0 amide bonds. The molecule has 1 heterocycles. The summed E-state index contributed by atoms with van der Waals surface area (Å²) in [6, 6.07) is 7.75. The summed E-state index contributed by atoms with van der Waals surface area (Å²) in [4.78, 5) is 4.04. The summed E-state index contributed by atoms with van der Waals surface area (Å²) in [5, 5.41) is 17.1. The lowest BCUT2D eigenvalue weighted by molar-refractivity contribution is -0.187. The molecule has 1 aliphatic carbocycles. The SMILES string of the molecule is COCOCC1(COCOC)CCC(Cc2ccc(Cl)cc2)C1(O)Cn1cncn1. The fourth-order valence-corrected chi connectivity index (χ4v) is 4.58. The number of ether oxygens (including phenoxy) is 4. The first-order valence-electron chi connectivity index (χ1n) is 9.95. The van der Waals surface area contributed by atoms with Gasteiger partial charge in [0.1, 0.15) is 26.2 Å². The zero-order valence-corrected chi connectivity index (χ0v) is 18.3. The Kier molecular flexibility index (Phi) is 8.21. The Morgan fingerprint density at radius 1 is 1.13 bits per heavy atom. The number of benzene rings is 1. The van der Waals surface area contributed by atoms with Crippen LogP contribution < -0.4 is 0 Å². The highest BCUT2D eigenvalue weighted by atomic mass is 35.5. The molecule has 2 atom stereocenters. The van der Waals surface area contributed by atoms with Crippen molar-refractivity contribution in [2.75, 3.05) is 41.0 Å². The van der Waals surface area contributed by atoms with E-state index < -0.39 is 11.0 Å². The van der Waals surface area contributed by atoms with E-state index in [1.165, 1.54) is 6.33 Å². The van der Waals surface area contributed by atoms with Gasteiger partial charge in [-0.1, -0.05) is 23.7 Å². The number of hydrogen-bond donors (Lipinski definition) is 1. The van der Waals surface area contributed by atoms with Gasteiger partial charge >= 0.3 is 0 Å². The standard InChI is InChI=1S/C21H30ClN3O5/c1-27-15-29-11-20(12-30-16-28-2)8-7-18(9-17-3-5-19(22)6-4-17)21(20,26)10-25-14-23-13-24-25/h3-6,13-14,18,26H,7-12,15-16H2,1-2H3. The highest BCUT2D eigenvalue weighted by molar-refractivity contribution is 6.30. The average molecular weight is 440 g/mol. The van der Waals surface area contributed by atoms with Gasteiger partial charge in [-0.3, -0.25) is 4.68 Å². The first-order valence-corrected chi connectivity index (χ1v) is 10.3. The van der Waals surface area contributed by atoms with Gasteiger partial charge in [-0.2, -0.15) is 5.10 Å². The lowest BCUT2D eigenvalue weighted by atomic mass is 9.70. The van der Waals surface area contributed by atoms with Crippen LogP contribution in [0, 0.1) is 11.3 Å². The fourth-order valence-electron chi connectivity index (χ4n) is 4.45. The fraction of sp³-hybridized carbons (Fsp3) is 0.619. The Hall–Kier alpha value is -1.55. The van der Waals surface area contributed by atoms with Crippen LogP contribution in [0.4, 0.5) is 0 Å². The molecule has 1 saturated carbocycles. The molecule has 1 aromatic carbocycles. The van der Waals surface area contributed by atoms with E-state index in [1.54, 1.807) is 25.2 Å². The number of aliphatic hydroxyl groups is 1. The van der Waals surface area contributed by atoms with Crippen LogP contribution in [0.5, 0.6) is 0 Å². The van der Waals surface area contributed by atoms with Gasteiger partial charge in [0.15, 0.2) is 0 Å². The van der Waals surface area contributed by atoms with Crippen LogP contribution >= 0.6 is 11.6 Å². The van der Waals surface area contributed by atoms with Gasteiger partial charge in [0.2, 0.25) is 0 Å². The molecule has 0 bridgehead atoms. The van der Waals surface area contributed by atoms with Crippen molar-refractivity contribution < 1.29 is 24.1 Å². The minimum absolute atomic E-state index is 0.0276. The molecule has 9 heteroatoms. The van der Waals surface area contributed by atoms with Crippen LogP contribution in [0.3, 0.4) is 0 Å². The van der Waals surface area contributed by atoms with E-state index in [-0.39, 0.29) is 26.0 Å². The summed E-state index contributed by atoms with van der Waals surface area (Å²) < 4.78 is 23.3. The molecule has 3 rings (SSSR count). The first kappa shape index (κ1) is 23.1. The van der Waals surface area contributed by atoms with E-state index in [1.807, 2.05) is 24.3 Å². The van der Waals surface area contributed by atoms with Gasteiger partial charge < -0.3 is 24.1 Å². The molecule has 2 unspecified atom stereocenters. The van der Waals surface area contributed by atoms with Crippen molar-refractivity contribution >= 4 is 11.6 Å². The van der Waals surface area contributed by atoms with E-state index in [0.29, 0.717) is 24.7 Å². The third kappa shape index (κ3) is 5.19. The van der Waals surface area contributed by atoms with Crippen molar-refractivity contribution in [3.05, 3.63) is 47.5 Å². The van der Waals surface area contributed by atoms with Crippen LogP contribution in [-0.2, 0) is 31.9 Å². The van der Waals surface area contributed by atoms with Gasteiger partial charge in [0.05, 0.1) is 25.4 Å². The molecule has 166 valence electrons. The maximum atomic E-state index is 12.2. The summed E-state index contributed by atoms with van der Waals surface area (Å²) in [5.41, 5.74) is -0.664. The maximum absolute atomic E-state index is 12.2. The smallest absolute Gasteiger partial charge is 0.146 e. The van der Waals surface area contributed by atoms with Crippen molar-refractivity contribution in [1.29, 1.82) is 0 Å². The third-order valence-corrected chi connectivity index (χ3v) is 6.24. The number of methoxy groups -OCH3 is 2. The van der Waals surface area contributed by atoms with Gasteiger partial charge in [0, 0.05) is 24.7 Å². The predicted octanol–water partition coefficient (Wildman–Crippen LogP) is 2.54. The Morgan fingerprint density at radius 3 is 2.37 bits per heavy atom. The summed E-state index contributed by atoms with van der Waals surface area (Å²) >= 11 is 6.04. The largest absolute Gasteiger partial charge is 0.387 e. The maximum Gasteiger partial charge on any atom is 0.146 e. The highest BCUT2D eigenvalue weighted by Crippen LogP contribution is 2.52. The van der Waals surface area contributed by atoms with Crippen molar-refractivity contribution in [2.45, 2.75) is 31.4 Å². The van der Waals surface area contributed by atoms with E-state index in [9.17, 15) is 5.11 Å². The van der Waals surface area contributed by atoms with Gasteiger partial charge in [-0.25, -0.2) is 4.98 Å². The van der Waals surface area contributed by atoms with E-state index >= 15 is 0 Å². The molecular formula is C21H30ClN3O5. The summed E-state index contributed by atoms with van der Waals surface area (Å²) in [6.45, 7) is 1.18. The molecule has 30 heavy (non-hydrogen) atoms. The van der Waals surface area contributed by atoms with Crippen LogP contribution in [0.15, 0.2) is 36.9 Å². The van der Waals surface area contributed by atoms with Crippen LogP contribution in [0.2, 0.25) is 5.02 Å². The number of rotatable bonds is 12. The quantitative estimate of drug-likeness (QED) is 0.401. The van der Waals surface area contributed by atoms with Crippen molar-refractivity contribution in [3.63, 3.8) is 0 Å². The Labute approximate surface area is 182 Å². The van der Waals surface area contributed by atoms with Crippen LogP contribution in [0.25, 0.3) is 0 Å². The summed E-state index contributed by atoms with van der Waals surface area (Å²) in [6.07, 6.45) is 5.35. The second kappa shape index (κ2) is 10.7.